The van der Waals surface area contributed by atoms with Crippen molar-refractivity contribution in [1.29, 1.82) is 0 Å². The van der Waals surface area contributed by atoms with Crippen molar-refractivity contribution in [3.8, 4) is 0 Å². The number of hydrogen-bond donors (Lipinski definition) is 0. The second-order valence-corrected chi connectivity index (χ2v) is 7.54. The summed E-state index contributed by atoms with van der Waals surface area (Å²) in [6.45, 7) is 2.68. The van der Waals surface area contributed by atoms with E-state index in [1.807, 2.05) is 6.92 Å². The zero-order valence-corrected chi connectivity index (χ0v) is 14.3. The molecule has 5 nitrogen and oxygen atoms in total. The summed E-state index contributed by atoms with van der Waals surface area (Å²) in [6, 6.07) is 4.32. The summed E-state index contributed by atoms with van der Waals surface area (Å²) < 4.78 is 25.4. The number of sulfonamides is 1. The van der Waals surface area contributed by atoms with Crippen molar-refractivity contribution in [2.24, 2.45) is 0 Å². The number of amides is 1. The van der Waals surface area contributed by atoms with Gasteiger partial charge in [-0.2, -0.15) is 0 Å². The van der Waals surface area contributed by atoms with E-state index in [-0.39, 0.29) is 15.8 Å². The summed E-state index contributed by atoms with van der Waals surface area (Å²) in [5.74, 6) is -0.213. The number of carbonyl (C=O) groups is 1. The maximum absolute atomic E-state index is 12.3. The minimum atomic E-state index is -3.68. The largest absolute Gasteiger partial charge is 0.342 e. The van der Waals surface area contributed by atoms with Crippen LogP contribution >= 0.6 is 11.6 Å². The van der Waals surface area contributed by atoms with Gasteiger partial charge in [-0.1, -0.05) is 24.9 Å². The molecule has 1 amide bonds. The summed E-state index contributed by atoms with van der Waals surface area (Å²) in [7, 11) is 0.874. The molecule has 0 N–H and O–H groups in total. The van der Waals surface area contributed by atoms with Gasteiger partial charge < -0.3 is 4.90 Å². The molecule has 0 aromatic heterocycles. The highest BCUT2D eigenvalue weighted by Crippen LogP contribution is 2.25. The van der Waals surface area contributed by atoms with Gasteiger partial charge in [-0.15, -0.1) is 0 Å². The van der Waals surface area contributed by atoms with E-state index >= 15 is 0 Å². The van der Waals surface area contributed by atoms with Gasteiger partial charge in [0, 0.05) is 33.3 Å². The molecule has 1 rings (SSSR count). The lowest BCUT2D eigenvalue weighted by molar-refractivity contribution is 0.0793. The number of carbonyl (C=O) groups excluding carboxylic acids is 1. The quantitative estimate of drug-likeness (QED) is 0.804. The Hall–Kier alpha value is -1.11. The van der Waals surface area contributed by atoms with Gasteiger partial charge in [0.1, 0.15) is 4.90 Å². The first-order valence-electron chi connectivity index (χ1n) is 6.69. The molecule has 21 heavy (non-hydrogen) atoms. The molecule has 0 radical (unpaired) electrons. The topological polar surface area (TPSA) is 57.7 Å². The molecule has 0 saturated heterocycles. The molecule has 0 bridgehead atoms. The van der Waals surface area contributed by atoms with Gasteiger partial charge in [0.25, 0.3) is 5.91 Å². The highest BCUT2D eigenvalue weighted by atomic mass is 35.5. The van der Waals surface area contributed by atoms with Crippen LogP contribution in [0.5, 0.6) is 0 Å². The Morgan fingerprint density at radius 2 is 1.86 bits per heavy atom. The zero-order valence-electron chi connectivity index (χ0n) is 12.8. The molecule has 0 aliphatic rings. The van der Waals surface area contributed by atoms with Gasteiger partial charge in [0.05, 0.1) is 5.02 Å². The summed E-state index contributed by atoms with van der Waals surface area (Å²) in [5, 5.41) is 0.108. The SMILES string of the molecule is CCCCN(C)C(=O)c1ccc(Cl)c(S(=O)(=O)N(C)C)c1. The maximum atomic E-state index is 12.3. The Labute approximate surface area is 131 Å². The van der Waals surface area contributed by atoms with Crippen LogP contribution in [-0.2, 0) is 10.0 Å². The van der Waals surface area contributed by atoms with E-state index in [1.54, 1.807) is 18.0 Å². The summed E-state index contributed by atoms with van der Waals surface area (Å²) in [5.41, 5.74) is 0.318. The molecule has 0 fully saturated rings. The fourth-order valence-electron chi connectivity index (χ4n) is 1.75. The first kappa shape index (κ1) is 17.9. The van der Waals surface area contributed by atoms with Crippen molar-refractivity contribution < 1.29 is 13.2 Å². The third kappa shape index (κ3) is 4.18. The Bertz CT molecular complexity index is 615. The molecule has 0 saturated carbocycles. The number of unbranched alkanes of at least 4 members (excludes halogenated alkanes) is 1. The van der Waals surface area contributed by atoms with Crippen LogP contribution < -0.4 is 0 Å². The molecular weight excluding hydrogens is 312 g/mol. The lowest BCUT2D eigenvalue weighted by Crippen LogP contribution is -2.28. The number of rotatable bonds is 6. The van der Waals surface area contributed by atoms with Crippen molar-refractivity contribution in [2.75, 3.05) is 27.7 Å². The van der Waals surface area contributed by atoms with Crippen LogP contribution in [0.3, 0.4) is 0 Å². The van der Waals surface area contributed by atoms with E-state index in [2.05, 4.69) is 0 Å². The van der Waals surface area contributed by atoms with Crippen LogP contribution in [0.1, 0.15) is 30.1 Å². The predicted octanol–water partition coefficient (Wildman–Crippen LogP) is 2.46. The fraction of sp³-hybridized carbons (Fsp3) is 0.500. The third-order valence-corrected chi connectivity index (χ3v) is 5.43. The molecule has 7 heteroatoms. The highest BCUT2D eigenvalue weighted by molar-refractivity contribution is 7.89. The molecule has 0 heterocycles. The van der Waals surface area contributed by atoms with Gasteiger partial charge in [-0.3, -0.25) is 4.79 Å². The molecule has 0 aliphatic heterocycles. The summed E-state index contributed by atoms with van der Waals surface area (Å²) >= 11 is 5.96. The molecule has 118 valence electrons. The summed E-state index contributed by atoms with van der Waals surface area (Å²) in [4.78, 5) is 13.8. The van der Waals surface area contributed by atoms with E-state index in [9.17, 15) is 13.2 Å². The zero-order chi connectivity index (χ0) is 16.2. The van der Waals surface area contributed by atoms with Gasteiger partial charge in [-0.05, 0) is 24.6 Å². The molecule has 0 atom stereocenters. The molecule has 0 spiro atoms. The van der Waals surface area contributed by atoms with E-state index in [0.29, 0.717) is 12.1 Å². The standard InChI is InChI=1S/C14H21ClN2O3S/c1-5-6-9-17(4)14(18)11-7-8-12(15)13(10-11)21(19,20)16(2)3/h7-8,10H,5-6,9H2,1-4H3. The van der Waals surface area contributed by atoms with Gasteiger partial charge in [-0.25, -0.2) is 12.7 Å². The van der Waals surface area contributed by atoms with Gasteiger partial charge in [0.15, 0.2) is 0 Å². The van der Waals surface area contributed by atoms with Crippen molar-refractivity contribution >= 4 is 27.5 Å². The van der Waals surface area contributed by atoms with Crippen LogP contribution in [0, 0.1) is 0 Å². The van der Waals surface area contributed by atoms with Crippen LogP contribution in [0.15, 0.2) is 23.1 Å². The third-order valence-electron chi connectivity index (χ3n) is 3.13. The van der Waals surface area contributed by atoms with Crippen molar-refractivity contribution in [3.05, 3.63) is 28.8 Å². The van der Waals surface area contributed by atoms with E-state index in [4.69, 9.17) is 11.6 Å². The predicted molar refractivity (Wildman–Crippen MR) is 84.2 cm³/mol. The Balaban J connectivity index is 3.16. The first-order chi connectivity index (χ1) is 9.71. The fourth-order valence-corrected chi connectivity index (χ4v) is 3.14. The Morgan fingerprint density at radius 1 is 1.24 bits per heavy atom. The van der Waals surface area contributed by atoms with Crippen LogP contribution in [0.2, 0.25) is 5.02 Å². The second kappa shape index (κ2) is 7.24. The van der Waals surface area contributed by atoms with Gasteiger partial charge >= 0.3 is 0 Å². The normalized spacial score (nSPS) is 11.7. The minimum absolute atomic E-state index is 0.0519. The minimum Gasteiger partial charge on any atom is -0.342 e. The highest BCUT2D eigenvalue weighted by Gasteiger charge is 2.23. The Morgan fingerprint density at radius 3 is 2.38 bits per heavy atom. The van der Waals surface area contributed by atoms with E-state index < -0.39 is 10.0 Å². The molecule has 1 aromatic rings. The van der Waals surface area contributed by atoms with Crippen LogP contribution in [0.4, 0.5) is 0 Å². The number of hydrogen-bond acceptors (Lipinski definition) is 3. The lowest BCUT2D eigenvalue weighted by atomic mass is 10.2. The average molecular weight is 333 g/mol. The van der Waals surface area contributed by atoms with Crippen LogP contribution in [-0.4, -0.2) is 51.2 Å². The number of nitrogens with zero attached hydrogens (tertiary/aromatic N) is 2. The van der Waals surface area contributed by atoms with E-state index in [0.717, 1.165) is 17.1 Å². The second-order valence-electron chi connectivity index (χ2n) is 5.01. The number of halogens is 1. The van der Waals surface area contributed by atoms with E-state index in [1.165, 1.54) is 26.2 Å². The van der Waals surface area contributed by atoms with Crippen molar-refractivity contribution in [2.45, 2.75) is 24.7 Å². The number of benzene rings is 1. The lowest BCUT2D eigenvalue weighted by Gasteiger charge is -2.18. The van der Waals surface area contributed by atoms with Crippen LogP contribution in [0.25, 0.3) is 0 Å². The monoisotopic (exact) mass is 332 g/mol. The van der Waals surface area contributed by atoms with Crippen molar-refractivity contribution in [3.63, 3.8) is 0 Å². The molecule has 0 unspecified atom stereocenters. The molecule has 1 aromatic carbocycles. The summed E-state index contributed by atoms with van der Waals surface area (Å²) in [6.07, 6.45) is 1.89. The smallest absolute Gasteiger partial charge is 0.253 e. The van der Waals surface area contributed by atoms with Crippen molar-refractivity contribution in [1.82, 2.24) is 9.21 Å². The first-order valence-corrected chi connectivity index (χ1v) is 8.51. The molecular formula is C14H21ClN2O3S. The maximum Gasteiger partial charge on any atom is 0.253 e. The molecule has 0 aliphatic carbocycles. The Kier molecular flexibility index (Phi) is 6.19. The van der Waals surface area contributed by atoms with Gasteiger partial charge in [0.2, 0.25) is 10.0 Å². The average Bonchev–Trinajstić information content (AvgIpc) is 2.44.